The van der Waals surface area contributed by atoms with Crippen molar-refractivity contribution in [1.29, 1.82) is 0 Å². The second-order valence-electron chi connectivity index (χ2n) is 4.11. The highest BCUT2D eigenvalue weighted by molar-refractivity contribution is 5.97. The minimum atomic E-state index is -0.535. The van der Waals surface area contributed by atoms with Gasteiger partial charge in [-0.15, -0.1) is 0 Å². The minimum absolute atomic E-state index is 0.147. The highest BCUT2D eigenvalue weighted by Crippen LogP contribution is 2.22. The van der Waals surface area contributed by atoms with Gasteiger partial charge in [0.2, 0.25) is 0 Å². The fourth-order valence-electron chi connectivity index (χ4n) is 1.70. The van der Waals surface area contributed by atoms with E-state index >= 15 is 0 Å². The summed E-state index contributed by atoms with van der Waals surface area (Å²) in [6.45, 7) is 0. The van der Waals surface area contributed by atoms with Gasteiger partial charge in [-0.2, -0.15) is 0 Å². The van der Waals surface area contributed by atoms with Crippen LogP contribution in [0.4, 0.5) is 0 Å². The van der Waals surface area contributed by atoms with Crippen molar-refractivity contribution < 1.29 is 19.4 Å². The summed E-state index contributed by atoms with van der Waals surface area (Å²) in [7, 11) is 0. The third-order valence-electron chi connectivity index (χ3n) is 2.75. The fraction of sp³-hybridized carbons (Fsp3) is 0. The largest absolute Gasteiger partial charge is 0.290 e. The zero-order valence-corrected chi connectivity index (χ0v) is 11.4. The molecule has 0 saturated heterocycles. The predicted octanol–water partition coefficient (Wildman–Crippen LogP) is 0.266. The van der Waals surface area contributed by atoms with Gasteiger partial charge in [0, 0.05) is 0 Å². The predicted molar refractivity (Wildman–Crippen MR) is 77.4 cm³/mol. The molecule has 8 heteroatoms. The van der Waals surface area contributed by atoms with E-state index < -0.39 is 11.8 Å². The maximum atomic E-state index is 11.6. The van der Waals surface area contributed by atoms with Crippen LogP contribution in [0, 0.1) is 0 Å². The van der Waals surface area contributed by atoms with Gasteiger partial charge in [0.25, 0.3) is 11.8 Å². The Hall–Kier alpha value is -3.10. The lowest BCUT2D eigenvalue weighted by molar-refractivity contribution is -0.101. The van der Waals surface area contributed by atoms with Crippen molar-refractivity contribution in [2.45, 2.75) is 0 Å². The van der Waals surface area contributed by atoms with Crippen molar-refractivity contribution in [2.24, 2.45) is 11.7 Å². The van der Waals surface area contributed by atoms with E-state index in [4.69, 9.17) is 21.5 Å². The van der Waals surface area contributed by atoms with Crippen LogP contribution < -0.4 is 32.3 Å². The molecule has 0 aromatic heterocycles. The van der Waals surface area contributed by atoms with E-state index in [1.165, 1.54) is 24.3 Å². The molecule has 0 aliphatic heterocycles. The van der Waals surface area contributed by atoms with E-state index in [-0.39, 0.29) is 22.6 Å². The summed E-state index contributed by atoms with van der Waals surface area (Å²) in [4.78, 5) is 33.5. The van der Waals surface area contributed by atoms with E-state index in [1.54, 1.807) is 24.3 Å². The van der Waals surface area contributed by atoms with E-state index in [2.05, 4.69) is 0 Å². The molecule has 0 spiro atoms. The van der Waals surface area contributed by atoms with Crippen LogP contribution in [0.2, 0.25) is 0 Å². The van der Waals surface area contributed by atoms with E-state index in [1.807, 2.05) is 10.9 Å². The number of rotatable bonds is 5. The van der Waals surface area contributed by atoms with E-state index in [0.717, 1.165) is 0 Å². The molecule has 0 aliphatic carbocycles. The van der Waals surface area contributed by atoms with Gasteiger partial charge >= 0.3 is 0 Å². The van der Waals surface area contributed by atoms with Crippen molar-refractivity contribution in [3.8, 4) is 11.5 Å². The number of carbonyl (C=O) groups excluding carboxylic acids is 2. The normalized spacial score (nSPS) is 9.73. The van der Waals surface area contributed by atoms with Crippen LogP contribution >= 0.6 is 0 Å². The summed E-state index contributed by atoms with van der Waals surface area (Å²) in [5.41, 5.74) is 4.38. The molecule has 0 unspecified atom stereocenters. The second kappa shape index (κ2) is 7.07. The number of carbonyl (C=O) groups is 2. The van der Waals surface area contributed by atoms with Gasteiger partial charge in [-0.05, 0) is 24.3 Å². The standard InChI is InChI=1S/C14H14N4O4/c15-17-13(19)9-5-1-3-7-11(9)21-22-12-8-4-2-6-10(12)14(20)18-16/h1-8H,15-16H2,(H,17,19)(H,18,20). The van der Waals surface area contributed by atoms with Gasteiger partial charge in [0.1, 0.15) is 0 Å². The Morgan fingerprint density at radius 2 is 1.09 bits per heavy atom. The first-order chi connectivity index (χ1) is 10.7. The third kappa shape index (κ3) is 3.32. The summed E-state index contributed by atoms with van der Waals surface area (Å²) in [6.07, 6.45) is 0. The lowest BCUT2D eigenvalue weighted by Crippen LogP contribution is -2.31. The lowest BCUT2D eigenvalue weighted by Gasteiger charge is -2.11. The number of para-hydroxylation sites is 2. The topological polar surface area (TPSA) is 129 Å². The number of hydrazine groups is 2. The molecule has 8 nitrogen and oxygen atoms in total. The number of nitrogens with one attached hydrogen (secondary N) is 2. The summed E-state index contributed by atoms with van der Waals surface area (Å²) in [5.74, 6) is 9.42. The van der Waals surface area contributed by atoms with E-state index in [0.29, 0.717) is 0 Å². The lowest BCUT2D eigenvalue weighted by atomic mass is 10.2. The Morgan fingerprint density at radius 3 is 1.45 bits per heavy atom. The molecule has 0 bridgehead atoms. The van der Waals surface area contributed by atoms with Gasteiger partial charge < -0.3 is 0 Å². The average molecular weight is 302 g/mol. The molecular weight excluding hydrogens is 288 g/mol. The molecule has 0 fully saturated rings. The maximum Gasteiger partial charge on any atom is 0.269 e. The number of benzene rings is 2. The van der Waals surface area contributed by atoms with Crippen molar-refractivity contribution in [1.82, 2.24) is 10.9 Å². The van der Waals surface area contributed by atoms with Crippen LogP contribution in [0.25, 0.3) is 0 Å². The molecule has 0 radical (unpaired) electrons. The van der Waals surface area contributed by atoms with Crippen LogP contribution in [-0.2, 0) is 0 Å². The Kier molecular flexibility index (Phi) is 4.91. The Bertz CT molecular complexity index is 631. The molecule has 0 aliphatic rings. The first-order valence-electron chi connectivity index (χ1n) is 6.22. The number of hydrogen-bond donors (Lipinski definition) is 4. The second-order valence-corrected chi connectivity index (χ2v) is 4.11. The molecular formula is C14H14N4O4. The van der Waals surface area contributed by atoms with Gasteiger partial charge in [-0.1, -0.05) is 24.3 Å². The van der Waals surface area contributed by atoms with Crippen LogP contribution in [0.1, 0.15) is 20.7 Å². The highest BCUT2D eigenvalue weighted by Gasteiger charge is 2.15. The molecule has 0 saturated carbocycles. The smallest absolute Gasteiger partial charge is 0.269 e. The van der Waals surface area contributed by atoms with Crippen LogP contribution in [0.3, 0.4) is 0 Å². The number of amides is 2. The van der Waals surface area contributed by atoms with Crippen LogP contribution in [0.5, 0.6) is 11.5 Å². The quantitative estimate of drug-likeness (QED) is 0.271. The molecule has 2 aromatic rings. The SMILES string of the molecule is NNC(=O)c1ccccc1OOc1ccccc1C(=O)NN. The molecule has 2 rings (SSSR count). The summed E-state index contributed by atoms with van der Waals surface area (Å²) in [6, 6.07) is 12.7. The monoisotopic (exact) mass is 302 g/mol. The molecule has 6 N–H and O–H groups in total. The first kappa shape index (κ1) is 15.3. The van der Waals surface area contributed by atoms with Gasteiger partial charge in [0.15, 0.2) is 11.5 Å². The van der Waals surface area contributed by atoms with Crippen molar-refractivity contribution in [3.63, 3.8) is 0 Å². The van der Waals surface area contributed by atoms with E-state index in [9.17, 15) is 9.59 Å². The summed E-state index contributed by atoms with van der Waals surface area (Å²) < 4.78 is 0. The number of nitrogens with two attached hydrogens (primary N) is 2. The van der Waals surface area contributed by atoms with Crippen molar-refractivity contribution >= 4 is 11.8 Å². The van der Waals surface area contributed by atoms with Crippen LogP contribution in [-0.4, -0.2) is 11.8 Å². The highest BCUT2D eigenvalue weighted by atomic mass is 17.2. The Morgan fingerprint density at radius 1 is 0.727 bits per heavy atom. The van der Waals surface area contributed by atoms with Crippen molar-refractivity contribution in [3.05, 3.63) is 59.7 Å². The Balaban J connectivity index is 2.21. The maximum absolute atomic E-state index is 11.6. The first-order valence-corrected chi connectivity index (χ1v) is 6.22. The zero-order valence-electron chi connectivity index (χ0n) is 11.4. The third-order valence-corrected chi connectivity index (χ3v) is 2.75. The zero-order chi connectivity index (χ0) is 15.9. The Labute approximate surface area is 125 Å². The minimum Gasteiger partial charge on any atom is -0.290 e. The summed E-state index contributed by atoms with van der Waals surface area (Å²) >= 11 is 0. The fourth-order valence-corrected chi connectivity index (χ4v) is 1.70. The van der Waals surface area contributed by atoms with Gasteiger partial charge in [-0.25, -0.2) is 11.7 Å². The number of nitrogen functional groups attached to an aromatic ring is 2. The average Bonchev–Trinajstić information content (AvgIpc) is 2.59. The van der Waals surface area contributed by atoms with Crippen molar-refractivity contribution in [2.75, 3.05) is 0 Å². The molecule has 2 amide bonds. The van der Waals surface area contributed by atoms with Gasteiger partial charge in [0.05, 0.1) is 11.1 Å². The summed E-state index contributed by atoms with van der Waals surface area (Å²) in [5, 5.41) is 0. The molecule has 22 heavy (non-hydrogen) atoms. The molecule has 114 valence electrons. The number of hydrogen-bond acceptors (Lipinski definition) is 6. The molecule has 2 aromatic carbocycles. The molecule has 0 atom stereocenters. The molecule has 0 heterocycles. The van der Waals surface area contributed by atoms with Crippen LogP contribution in [0.15, 0.2) is 48.5 Å². The van der Waals surface area contributed by atoms with Gasteiger partial charge in [-0.3, -0.25) is 30.2 Å².